The molecule has 2 nitrogen and oxygen atoms in total. The predicted molar refractivity (Wildman–Crippen MR) is 193 cm³/mol. The second kappa shape index (κ2) is 17.7. The van der Waals surface area contributed by atoms with Crippen molar-refractivity contribution in [1.29, 1.82) is 0 Å². The third kappa shape index (κ3) is 8.47. The monoisotopic (exact) mass is 758 g/mol. The molecular formula is C44H38Cl2O2Zr. The van der Waals surface area contributed by atoms with Crippen molar-refractivity contribution in [2.75, 3.05) is 0 Å². The molecule has 0 aliphatic carbocycles. The first-order valence-corrected chi connectivity index (χ1v) is 16.4. The molecular weight excluding hydrogens is 723 g/mol. The van der Waals surface area contributed by atoms with Gasteiger partial charge in [-0.25, -0.2) is 0 Å². The van der Waals surface area contributed by atoms with Gasteiger partial charge < -0.3 is 33.6 Å². The Kier molecular flexibility index (Phi) is 13.7. The molecule has 2 aromatic heterocycles. The Morgan fingerprint density at radius 2 is 0.878 bits per heavy atom. The smallest absolute Gasteiger partial charge is 1.00 e. The maximum Gasteiger partial charge on any atom is 4.00 e. The van der Waals surface area contributed by atoms with Crippen molar-refractivity contribution < 1.29 is 59.9 Å². The van der Waals surface area contributed by atoms with Crippen LogP contribution in [0.15, 0.2) is 154 Å². The minimum atomic E-state index is 0. The summed E-state index contributed by atoms with van der Waals surface area (Å²) in [4.78, 5) is 0. The van der Waals surface area contributed by atoms with Crippen molar-refractivity contribution in [3.63, 3.8) is 0 Å². The van der Waals surface area contributed by atoms with E-state index in [1.807, 2.05) is 0 Å². The van der Waals surface area contributed by atoms with E-state index in [1.165, 1.54) is 43.8 Å². The van der Waals surface area contributed by atoms with E-state index < -0.39 is 0 Å². The molecule has 5 heteroatoms. The molecule has 0 amide bonds. The minimum absolute atomic E-state index is 0. The second-order valence-corrected chi connectivity index (χ2v) is 11.9. The van der Waals surface area contributed by atoms with Gasteiger partial charge in [0.15, 0.2) is 0 Å². The molecule has 0 atom stereocenters. The molecule has 0 spiro atoms. The molecule has 0 radical (unpaired) electrons. The summed E-state index contributed by atoms with van der Waals surface area (Å²) in [6, 6.07) is 51.3. The Balaban J connectivity index is 0.000000208. The van der Waals surface area contributed by atoms with E-state index in [0.717, 1.165) is 59.9 Å². The Morgan fingerprint density at radius 3 is 1.27 bits per heavy atom. The molecule has 8 rings (SSSR count). The number of furan rings is 2. The van der Waals surface area contributed by atoms with Crippen LogP contribution in [0.5, 0.6) is 0 Å². The number of rotatable bonds is 8. The van der Waals surface area contributed by atoms with Crippen molar-refractivity contribution in [2.24, 2.45) is 0 Å². The fourth-order valence-electron chi connectivity index (χ4n) is 6.32. The fraction of sp³-hybridized carbons (Fsp3) is 0.136. The van der Waals surface area contributed by atoms with Crippen LogP contribution in [0.25, 0.3) is 66.4 Å². The topological polar surface area (TPSA) is 26.3 Å². The third-order valence-electron chi connectivity index (χ3n) is 8.56. The Labute approximate surface area is 320 Å². The Hall–Kier alpha value is -3.88. The van der Waals surface area contributed by atoms with Crippen LogP contribution < -0.4 is 24.8 Å². The zero-order valence-electron chi connectivity index (χ0n) is 27.8. The molecule has 0 saturated carbocycles. The van der Waals surface area contributed by atoms with E-state index in [-0.39, 0.29) is 51.0 Å². The number of aryl methyl sites for hydroxylation is 2. The van der Waals surface area contributed by atoms with E-state index in [4.69, 9.17) is 8.83 Å². The summed E-state index contributed by atoms with van der Waals surface area (Å²) in [6.07, 6.45) is 4.20. The second-order valence-electron chi connectivity index (χ2n) is 11.9. The Morgan fingerprint density at radius 1 is 0.469 bits per heavy atom. The van der Waals surface area contributed by atoms with E-state index >= 15 is 0 Å². The molecule has 0 fully saturated rings. The van der Waals surface area contributed by atoms with Crippen LogP contribution in [0.4, 0.5) is 0 Å². The van der Waals surface area contributed by atoms with E-state index in [0.29, 0.717) is 0 Å². The molecule has 0 N–H and O–H groups in total. The fourth-order valence-corrected chi connectivity index (χ4v) is 6.32. The molecule has 0 bridgehead atoms. The molecule has 2 heterocycles. The van der Waals surface area contributed by atoms with Crippen LogP contribution in [0.3, 0.4) is 0 Å². The summed E-state index contributed by atoms with van der Waals surface area (Å²) < 4.78 is 12.0. The SMILES string of the molecule is CCCc1ccc(-c2cc3c(-c4ccccc4)cccc3[cH-]2)o1.CCCc1ccc(-c2cc3c(-c4ccccc4)cccc3[cH-]2)o1.[Cl-].[Cl-].[Zr+4]. The van der Waals surface area contributed by atoms with Crippen LogP contribution in [0.1, 0.15) is 38.2 Å². The molecule has 0 aliphatic heterocycles. The van der Waals surface area contributed by atoms with Gasteiger partial charge in [-0.3, -0.25) is 0 Å². The summed E-state index contributed by atoms with van der Waals surface area (Å²) >= 11 is 0. The van der Waals surface area contributed by atoms with Crippen LogP contribution in [-0.2, 0) is 39.0 Å². The quantitative estimate of drug-likeness (QED) is 0.158. The molecule has 244 valence electrons. The standard InChI is InChI=1S/2C22H19O.2ClH.Zr/c2*1-2-7-19-12-13-22(23-19)18-14-17-10-6-11-20(21(17)15-18)16-8-4-3-5-9-16;;;/h2*3-6,8-15H,2,7H2,1H3;2*1H;/q2*-1;;;+4/p-2. The van der Waals surface area contributed by atoms with Crippen LogP contribution in [0, 0.1) is 0 Å². The molecule has 8 aromatic rings. The molecule has 0 unspecified atom stereocenters. The first-order valence-electron chi connectivity index (χ1n) is 16.4. The van der Waals surface area contributed by atoms with Gasteiger partial charge in [0.25, 0.3) is 0 Å². The van der Waals surface area contributed by atoms with Gasteiger partial charge in [0, 0.05) is 12.8 Å². The zero-order chi connectivity index (χ0) is 31.3. The molecule has 49 heavy (non-hydrogen) atoms. The van der Waals surface area contributed by atoms with Gasteiger partial charge in [-0.1, -0.05) is 121 Å². The van der Waals surface area contributed by atoms with Crippen molar-refractivity contribution in [3.8, 4) is 44.9 Å². The number of halogens is 2. The number of benzene rings is 4. The average molecular weight is 761 g/mol. The summed E-state index contributed by atoms with van der Waals surface area (Å²) in [5.74, 6) is 4.06. The van der Waals surface area contributed by atoms with E-state index in [9.17, 15) is 0 Å². The largest absolute Gasteiger partial charge is 4.00 e. The average Bonchev–Trinajstić information content (AvgIpc) is 3.91. The first-order chi connectivity index (χ1) is 22.7. The van der Waals surface area contributed by atoms with Gasteiger partial charge in [-0.15, -0.1) is 57.9 Å². The van der Waals surface area contributed by atoms with Crippen LogP contribution in [-0.4, -0.2) is 0 Å². The van der Waals surface area contributed by atoms with Crippen molar-refractivity contribution in [3.05, 3.63) is 157 Å². The summed E-state index contributed by atoms with van der Waals surface area (Å²) in [5, 5.41) is 5.08. The van der Waals surface area contributed by atoms with Gasteiger partial charge >= 0.3 is 26.2 Å². The van der Waals surface area contributed by atoms with Gasteiger partial charge in [0.05, 0.1) is 23.0 Å². The predicted octanol–water partition coefficient (Wildman–Crippen LogP) is 6.88. The summed E-state index contributed by atoms with van der Waals surface area (Å²) in [5.41, 5.74) is 7.36. The first kappa shape index (κ1) is 37.9. The van der Waals surface area contributed by atoms with Crippen molar-refractivity contribution in [1.82, 2.24) is 0 Å². The van der Waals surface area contributed by atoms with Gasteiger partial charge in [-0.05, 0) is 48.2 Å². The number of hydrogen-bond donors (Lipinski definition) is 0. The van der Waals surface area contributed by atoms with Crippen molar-refractivity contribution >= 4 is 21.5 Å². The van der Waals surface area contributed by atoms with E-state index in [2.05, 4.69) is 159 Å². The van der Waals surface area contributed by atoms with Crippen LogP contribution >= 0.6 is 0 Å². The molecule has 0 saturated heterocycles. The van der Waals surface area contributed by atoms with Gasteiger partial charge in [-0.2, -0.15) is 0 Å². The number of fused-ring (bicyclic) bond motifs is 2. The normalized spacial score (nSPS) is 10.5. The molecule has 0 aliphatic rings. The van der Waals surface area contributed by atoms with Gasteiger partial charge in [0.2, 0.25) is 0 Å². The van der Waals surface area contributed by atoms with Gasteiger partial charge in [0.1, 0.15) is 0 Å². The summed E-state index contributed by atoms with van der Waals surface area (Å²) in [6.45, 7) is 4.34. The Bertz CT molecular complexity index is 2030. The van der Waals surface area contributed by atoms with Crippen LogP contribution in [0.2, 0.25) is 0 Å². The maximum atomic E-state index is 5.99. The molecule has 6 aromatic carbocycles. The summed E-state index contributed by atoms with van der Waals surface area (Å²) in [7, 11) is 0. The third-order valence-corrected chi connectivity index (χ3v) is 8.56. The minimum Gasteiger partial charge on any atom is -1.00 e. The zero-order valence-corrected chi connectivity index (χ0v) is 31.7. The number of hydrogen-bond acceptors (Lipinski definition) is 2. The van der Waals surface area contributed by atoms with Crippen molar-refractivity contribution in [2.45, 2.75) is 39.5 Å². The maximum absolute atomic E-state index is 5.99. The van der Waals surface area contributed by atoms with E-state index in [1.54, 1.807) is 0 Å².